The second-order valence-electron chi connectivity index (χ2n) is 5.06. The Hall–Kier alpha value is -3.54. The van der Waals surface area contributed by atoms with Crippen LogP contribution in [0, 0.1) is 0 Å². The van der Waals surface area contributed by atoms with E-state index in [9.17, 15) is 0 Å². The van der Waals surface area contributed by atoms with Gasteiger partial charge in [0.1, 0.15) is 11.4 Å². The first-order valence-electron chi connectivity index (χ1n) is 7.33. The van der Waals surface area contributed by atoms with E-state index in [0.717, 1.165) is 22.3 Å². The van der Waals surface area contributed by atoms with Crippen molar-refractivity contribution in [3.8, 4) is 0 Å². The molecule has 6 nitrogen and oxygen atoms in total. The first-order valence-corrected chi connectivity index (χ1v) is 7.33. The maximum absolute atomic E-state index is 4.97. The van der Waals surface area contributed by atoms with E-state index in [1.807, 2.05) is 60.7 Å². The molecular weight excluding hydrogens is 304 g/mol. The lowest BCUT2D eigenvalue weighted by Crippen LogP contribution is -1.98. The quantitative estimate of drug-likeness (QED) is 0.537. The van der Waals surface area contributed by atoms with Crippen LogP contribution in [-0.2, 0) is 0 Å². The summed E-state index contributed by atoms with van der Waals surface area (Å²) in [7, 11) is 0. The van der Waals surface area contributed by atoms with Crippen molar-refractivity contribution in [2.24, 2.45) is 0 Å². The molecule has 0 N–H and O–H groups in total. The van der Waals surface area contributed by atoms with E-state index in [4.69, 9.17) is 9.05 Å². The maximum atomic E-state index is 4.97. The zero-order valence-electron chi connectivity index (χ0n) is 12.5. The average molecular weight is 316 g/mol. The van der Waals surface area contributed by atoms with Crippen molar-refractivity contribution in [1.82, 2.24) is 20.7 Å². The zero-order chi connectivity index (χ0) is 16.2. The van der Waals surface area contributed by atoms with Gasteiger partial charge in [0.2, 0.25) is 0 Å². The Balaban J connectivity index is 2.07. The standard InChI is InChI=1S/C18H12N4O2/c1-3-7-13(8-4-1)17(15-11-23-21-19-15)18(16-12-24-22-20-16)14-9-5-2-6-10-14/h1-12H. The summed E-state index contributed by atoms with van der Waals surface area (Å²) in [5.74, 6) is 0. The van der Waals surface area contributed by atoms with E-state index < -0.39 is 0 Å². The lowest BCUT2D eigenvalue weighted by Gasteiger charge is -2.12. The topological polar surface area (TPSA) is 77.8 Å². The fourth-order valence-electron chi connectivity index (χ4n) is 2.60. The van der Waals surface area contributed by atoms with E-state index >= 15 is 0 Å². The molecule has 0 amide bonds. The Bertz CT molecular complexity index is 852. The molecule has 0 atom stereocenters. The van der Waals surface area contributed by atoms with E-state index in [0.29, 0.717) is 11.4 Å². The zero-order valence-corrected chi connectivity index (χ0v) is 12.5. The van der Waals surface area contributed by atoms with Crippen LogP contribution in [0.2, 0.25) is 0 Å². The van der Waals surface area contributed by atoms with Gasteiger partial charge >= 0.3 is 0 Å². The lowest BCUT2D eigenvalue weighted by molar-refractivity contribution is 0.392. The molecule has 2 heterocycles. The van der Waals surface area contributed by atoms with E-state index in [2.05, 4.69) is 20.7 Å². The van der Waals surface area contributed by atoms with Crippen LogP contribution in [0.25, 0.3) is 11.1 Å². The number of rotatable bonds is 4. The van der Waals surface area contributed by atoms with Crippen LogP contribution in [0.4, 0.5) is 0 Å². The van der Waals surface area contributed by atoms with Gasteiger partial charge in [-0.05, 0) is 11.1 Å². The predicted octanol–water partition coefficient (Wildman–Crippen LogP) is 3.46. The maximum Gasteiger partial charge on any atom is 0.152 e. The largest absolute Gasteiger partial charge is 0.345 e. The molecule has 0 saturated carbocycles. The normalized spacial score (nSPS) is 12.0. The first kappa shape index (κ1) is 14.1. The van der Waals surface area contributed by atoms with Crippen LogP contribution in [0.3, 0.4) is 0 Å². The minimum atomic E-state index is 0.614. The van der Waals surface area contributed by atoms with Gasteiger partial charge in [-0.25, -0.2) is 0 Å². The van der Waals surface area contributed by atoms with Crippen LogP contribution in [-0.4, -0.2) is 20.7 Å². The van der Waals surface area contributed by atoms with Crippen molar-refractivity contribution in [1.29, 1.82) is 0 Å². The summed E-state index contributed by atoms with van der Waals surface area (Å²) in [4.78, 5) is 0. The smallest absolute Gasteiger partial charge is 0.152 e. The molecule has 24 heavy (non-hydrogen) atoms. The Morgan fingerprint density at radius 3 is 1.33 bits per heavy atom. The molecule has 0 unspecified atom stereocenters. The molecule has 0 aliphatic rings. The molecule has 6 heteroatoms. The van der Waals surface area contributed by atoms with Crippen molar-refractivity contribution in [3.05, 3.63) is 95.7 Å². The molecule has 116 valence electrons. The summed E-state index contributed by atoms with van der Waals surface area (Å²) in [6.45, 7) is 0. The minimum Gasteiger partial charge on any atom is -0.345 e. The molecule has 0 saturated heterocycles. The number of hydrogen-bond donors (Lipinski definition) is 0. The highest BCUT2D eigenvalue weighted by molar-refractivity contribution is 6.02. The lowest BCUT2D eigenvalue weighted by atomic mass is 9.91. The predicted molar refractivity (Wildman–Crippen MR) is 86.5 cm³/mol. The van der Waals surface area contributed by atoms with Crippen molar-refractivity contribution in [3.63, 3.8) is 0 Å². The van der Waals surface area contributed by atoms with E-state index in [1.165, 1.54) is 12.5 Å². The van der Waals surface area contributed by atoms with Gasteiger partial charge in [-0.2, -0.15) is 0 Å². The SMILES string of the molecule is c1ccc(C(=C(c2ccccc2)c2conn2)c2conn2)cc1. The number of aromatic nitrogens is 4. The highest BCUT2D eigenvalue weighted by atomic mass is 16.5. The molecule has 0 bridgehead atoms. The highest BCUT2D eigenvalue weighted by Gasteiger charge is 2.20. The van der Waals surface area contributed by atoms with Gasteiger partial charge in [-0.3, -0.25) is 0 Å². The van der Waals surface area contributed by atoms with Gasteiger partial charge in [0, 0.05) is 21.7 Å². The van der Waals surface area contributed by atoms with Gasteiger partial charge in [0.05, 0.1) is 0 Å². The van der Waals surface area contributed by atoms with Crippen LogP contribution in [0.15, 0.2) is 82.2 Å². The number of nitrogens with zero attached hydrogens (tertiary/aromatic N) is 4. The third-order valence-electron chi connectivity index (χ3n) is 3.61. The van der Waals surface area contributed by atoms with Gasteiger partial charge in [-0.1, -0.05) is 60.7 Å². The monoisotopic (exact) mass is 316 g/mol. The molecule has 2 aromatic heterocycles. The molecule has 0 spiro atoms. The highest BCUT2D eigenvalue weighted by Crippen LogP contribution is 2.34. The summed E-state index contributed by atoms with van der Waals surface area (Å²) >= 11 is 0. The molecule has 0 radical (unpaired) electrons. The Morgan fingerprint density at radius 2 is 1.00 bits per heavy atom. The Labute approximate surface area is 137 Å². The van der Waals surface area contributed by atoms with Crippen LogP contribution >= 0.6 is 0 Å². The molecule has 4 aromatic rings. The number of hydrogen-bond acceptors (Lipinski definition) is 6. The van der Waals surface area contributed by atoms with Gasteiger partial charge < -0.3 is 9.05 Å². The van der Waals surface area contributed by atoms with Crippen molar-refractivity contribution in [2.75, 3.05) is 0 Å². The fraction of sp³-hybridized carbons (Fsp3) is 0. The second kappa shape index (κ2) is 6.29. The van der Waals surface area contributed by atoms with Crippen molar-refractivity contribution in [2.45, 2.75) is 0 Å². The average Bonchev–Trinajstić information content (AvgIpc) is 3.35. The summed E-state index contributed by atoms with van der Waals surface area (Å²) < 4.78 is 9.93. The molecule has 2 aromatic carbocycles. The van der Waals surface area contributed by atoms with E-state index in [-0.39, 0.29) is 0 Å². The Morgan fingerprint density at radius 1 is 0.583 bits per heavy atom. The van der Waals surface area contributed by atoms with Crippen LogP contribution in [0.1, 0.15) is 22.5 Å². The Kier molecular flexibility index (Phi) is 3.69. The fourth-order valence-corrected chi connectivity index (χ4v) is 2.60. The molecule has 0 aliphatic heterocycles. The molecule has 0 fully saturated rings. The molecule has 0 aliphatic carbocycles. The van der Waals surface area contributed by atoms with Crippen LogP contribution in [0.5, 0.6) is 0 Å². The molecule has 4 rings (SSSR count). The van der Waals surface area contributed by atoms with Crippen LogP contribution < -0.4 is 0 Å². The van der Waals surface area contributed by atoms with Crippen molar-refractivity contribution < 1.29 is 9.05 Å². The van der Waals surface area contributed by atoms with E-state index in [1.54, 1.807) is 0 Å². The van der Waals surface area contributed by atoms with Crippen molar-refractivity contribution >= 4 is 11.1 Å². The summed E-state index contributed by atoms with van der Waals surface area (Å²) in [6, 6.07) is 19.8. The summed E-state index contributed by atoms with van der Waals surface area (Å²) in [5.41, 5.74) is 4.86. The summed E-state index contributed by atoms with van der Waals surface area (Å²) in [6.07, 6.45) is 3.03. The second-order valence-corrected chi connectivity index (χ2v) is 5.06. The molecular formula is C18H12N4O2. The number of benzene rings is 2. The van der Waals surface area contributed by atoms with Gasteiger partial charge in [0.15, 0.2) is 12.5 Å². The van der Waals surface area contributed by atoms with Gasteiger partial charge in [-0.15, -0.1) is 10.2 Å². The summed E-state index contributed by atoms with van der Waals surface area (Å²) in [5, 5.41) is 15.4. The first-order chi connectivity index (χ1) is 11.9. The van der Waals surface area contributed by atoms with Gasteiger partial charge in [0.25, 0.3) is 0 Å². The third-order valence-corrected chi connectivity index (χ3v) is 3.61. The minimum absolute atomic E-state index is 0.614. The third kappa shape index (κ3) is 2.61.